The summed E-state index contributed by atoms with van der Waals surface area (Å²) >= 11 is 6.03. The minimum Gasteiger partial charge on any atom is -0.456 e. The zero-order valence-electron chi connectivity index (χ0n) is 9.16. The fraction of sp³-hybridized carbons (Fsp3) is 0.0714. The first-order chi connectivity index (χ1) is 8.18. The lowest BCUT2D eigenvalue weighted by atomic mass is 10.1. The lowest BCUT2D eigenvalue weighted by Gasteiger charge is -2.04. The molecule has 84 valence electrons. The second-order valence-corrected chi connectivity index (χ2v) is 4.38. The fourth-order valence-corrected chi connectivity index (χ4v) is 2.18. The number of fused-ring (bicyclic) bond motifs is 2. The van der Waals surface area contributed by atoms with Crippen LogP contribution in [-0.2, 0) is 0 Å². The summed E-state index contributed by atoms with van der Waals surface area (Å²) in [5.74, 6) is 0. The minimum absolute atomic E-state index is 0.0261. The van der Waals surface area contributed by atoms with Crippen LogP contribution in [0.25, 0.3) is 21.9 Å². The monoisotopic (exact) mass is 244 g/mol. The van der Waals surface area contributed by atoms with Gasteiger partial charge in [0.15, 0.2) is 0 Å². The van der Waals surface area contributed by atoms with Crippen LogP contribution in [0.5, 0.6) is 0 Å². The van der Waals surface area contributed by atoms with Crippen molar-refractivity contribution in [1.29, 1.82) is 0 Å². The normalized spacial score (nSPS) is 11.2. The maximum atomic E-state index is 12.3. The molecule has 1 heterocycles. The van der Waals surface area contributed by atoms with Gasteiger partial charge >= 0.3 is 0 Å². The highest BCUT2D eigenvalue weighted by Crippen LogP contribution is 2.25. The highest BCUT2D eigenvalue weighted by atomic mass is 35.5. The van der Waals surface area contributed by atoms with Crippen LogP contribution in [-0.4, -0.2) is 0 Å². The molecule has 17 heavy (non-hydrogen) atoms. The highest BCUT2D eigenvalue weighted by molar-refractivity contribution is 6.32. The molecule has 0 aliphatic carbocycles. The van der Waals surface area contributed by atoms with Crippen molar-refractivity contribution in [2.24, 2.45) is 0 Å². The summed E-state index contributed by atoms with van der Waals surface area (Å²) in [5.41, 5.74) is 1.92. The topological polar surface area (TPSA) is 30.2 Å². The Bertz CT molecular complexity index is 787. The molecule has 0 fully saturated rings. The van der Waals surface area contributed by atoms with E-state index in [1.807, 2.05) is 19.1 Å². The van der Waals surface area contributed by atoms with Gasteiger partial charge in [-0.2, -0.15) is 0 Å². The average molecular weight is 245 g/mol. The standard InChI is InChI=1S/C14H9ClO2/c1-8-10(15)6-7-12-13(8)14(16)9-4-2-3-5-11(9)17-12/h2-7H,1H3. The molecule has 0 saturated heterocycles. The molecule has 0 radical (unpaired) electrons. The quantitative estimate of drug-likeness (QED) is 0.561. The van der Waals surface area contributed by atoms with Gasteiger partial charge in [0.05, 0.1) is 10.8 Å². The molecule has 0 saturated carbocycles. The van der Waals surface area contributed by atoms with Gasteiger partial charge in [0.1, 0.15) is 11.2 Å². The smallest absolute Gasteiger partial charge is 0.200 e. The van der Waals surface area contributed by atoms with Crippen molar-refractivity contribution in [2.75, 3.05) is 0 Å². The molecule has 0 N–H and O–H groups in total. The molecule has 3 heteroatoms. The first kappa shape index (κ1) is 10.4. The van der Waals surface area contributed by atoms with Gasteiger partial charge in [-0.15, -0.1) is 0 Å². The van der Waals surface area contributed by atoms with Gasteiger partial charge in [-0.3, -0.25) is 4.79 Å². The molecule has 0 bridgehead atoms. The van der Waals surface area contributed by atoms with Gasteiger partial charge in [0.25, 0.3) is 0 Å². The van der Waals surface area contributed by atoms with Crippen molar-refractivity contribution in [2.45, 2.75) is 6.92 Å². The fourth-order valence-electron chi connectivity index (χ4n) is 2.03. The van der Waals surface area contributed by atoms with Gasteiger partial charge in [0.2, 0.25) is 5.43 Å². The lowest BCUT2D eigenvalue weighted by Crippen LogP contribution is -2.03. The first-order valence-corrected chi connectivity index (χ1v) is 5.67. The Hall–Kier alpha value is -1.80. The molecule has 0 amide bonds. The zero-order chi connectivity index (χ0) is 12.0. The van der Waals surface area contributed by atoms with Crippen LogP contribution in [0.1, 0.15) is 5.56 Å². The van der Waals surface area contributed by atoms with Crippen LogP contribution in [0.4, 0.5) is 0 Å². The molecule has 2 aromatic carbocycles. The third-order valence-corrected chi connectivity index (χ3v) is 3.35. The number of rotatable bonds is 0. The van der Waals surface area contributed by atoms with Gasteiger partial charge in [-0.25, -0.2) is 0 Å². The van der Waals surface area contributed by atoms with Crippen molar-refractivity contribution in [1.82, 2.24) is 0 Å². The van der Waals surface area contributed by atoms with Crippen LogP contribution in [0, 0.1) is 6.92 Å². The number of halogens is 1. The van der Waals surface area contributed by atoms with Crippen LogP contribution in [0.15, 0.2) is 45.6 Å². The van der Waals surface area contributed by atoms with Crippen LogP contribution in [0.3, 0.4) is 0 Å². The largest absolute Gasteiger partial charge is 0.456 e. The Morgan fingerprint density at radius 3 is 2.65 bits per heavy atom. The van der Waals surface area contributed by atoms with Gasteiger partial charge in [-0.1, -0.05) is 23.7 Å². The summed E-state index contributed by atoms with van der Waals surface area (Å²) in [4.78, 5) is 12.3. The summed E-state index contributed by atoms with van der Waals surface area (Å²) in [5, 5.41) is 1.74. The highest BCUT2D eigenvalue weighted by Gasteiger charge is 2.10. The number of para-hydroxylation sites is 1. The van der Waals surface area contributed by atoms with Crippen LogP contribution >= 0.6 is 11.6 Å². The molecule has 3 aromatic rings. The van der Waals surface area contributed by atoms with E-state index >= 15 is 0 Å². The molecule has 0 aliphatic rings. The second-order valence-electron chi connectivity index (χ2n) is 3.97. The van der Waals surface area contributed by atoms with Crippen molar-refractivity contribution >= 4 is 33.5 Å². The van der Waals surface area contributed by atoms with Crippen molar-refractivity contribution in [3.63, 3.8) is 0 Å². The maximum absolute atomic E-state index is 12.3. The van der Waals surface area contributed by atoms with E-state index in [-0.39, 0.29) is 5.43 Å². The molecule has 3 rings (SSSR count). The number of benzene rings is 2. The molecule has 0 spiro atoms. The Labute approximate surface area is 102 Å². The molecule has 1 aromatic heterocycles. The summed E-state index contributed by atoms with van der Waals surface area (Å²) in [7, 11) is 0. The Morgan fingerprint density at radius 2 is 1.82 bits per heavy atom. The second kappa shape index (κ2) is 3.60. The summed E-state index contributed by atoms with van der Waals surface area (Å²) in [6.07, 6.45) is 0. The number of aryl methyl sites for hydroxylation is 1. The molecule has 0 atom stereocenters. The van der Waals surface area contributed by atoms with Crippen LogP contribution < -0.4 is 5.43 Å². The van der Waals surface area contributed by atoms with E-state index in [0.29, 0.717) is 27.0 Å². The predicted octanol–water partition coefficient (Wildman–Crippen LogP) is 3.91. The predicted molar refractivity (Wildman–Crippen MR) is 69.7 cm³/mol. The van der Waals surface area contributed by atoms with Gasteiger partial charge < -0.3 is 4.42 Å². The molecular weight excluding hydrogens is 236 g/mol. The van der Waals surface area contributed by atoms with Crippen molar-refractivity contribution in [3.05, 3.63) is 57.2 Å². The third kappa shape index (κ3) is 1.45. The average Bonchev–Trinajstić information content (AvgIpc) is 2.34. The summed E-state index contributed by atoms with van der Waals surface area (Å²) < 4.78 is 5.70. The van der Waals surface area contributed by atoms with E-state index in [1.54, 1.807) is 24.3 Å². The Balaban J connectivity index is 2.66. The van der Waals surface area contributed by atoms with E-state index in [4.69, 9.17) is 16.0 Å². The lowest BCUT2D eigenvalue weighted by molar-refractivity contribution is 0.659. The summed E-state index contributed by atoms with van der Waals surface area (Å²) in [6, 6.07) is 10.7. The maximum Gasteiger partial charge on any atom is 0.200 e. The SMILES string of the molecule is Cc1c(Cl)ccc2oc3ccccc3c(=O)c12. The number of hydrogen-bond donors (Lipinski definition) is 0. The summed E-state index contributed by atoms with van der Waals surface area (Å²) in [6.45, 7) is 1.83. The van der Waals surface area contributed by atoms with E-state index < -0.39 is 0 Å². The Kier molecular flexibility index (Phi) is 2.20. The zero-order valence-corrected chi connectivity index (χ0v) is 9.91. The molecule has 2 nitrogen and oxygen atoms in total. The van der Waals surface area contributed by atoms with Gasteiger partial charge in [-0.05, 0) is 36.8 Å². The van der Waals surface area contributed by atoms with Crippen molar-refractivity contribution in [3.8, 4) is 0 Å². The third-order valence-electron chi connectivity index (χ3n) is 2.94. The van der Waals surface area contributed by atoms with E-state index in [2.05, 4.69) is 0 Å². The van der Waals surface area contributed by atoms with Crippen molar-refractivity contribution < 1.29 is 4.42 Å². The molecule has 0 unspecified atom stereocenters. The Morgan fingerprint density at radius 1 is 1.06 bits per heavy atom. The van der Waals surface area contributed by atoms with E-state index in [9.17, 15) is 4.79 Å². The van der Waals surface area contributed by atoms with E-state index in [1.165, 1.54) is 0 Å². The first-order valence-electron chi connectivity index (χ1n) is 5.29. The minimum atomic E-state index is -0.0261. The number of hydrogen-bond acceptors (Lipinski definition) is 2. The molecular formula is C14H9ClO2. The molecule has 0 aliphatic heterocycles. The van der Waals surface area contributed by atoms with Gasteiger partial charge in [0, 0.05) is 5.02 Å². The van der Waals surface area contributed by atoms with E-state index in [0.717, 1.165) is 5.56 Å². The van der Waals surface area contributed by atoms with Crippen LogP contribution in [0.2, 0.25) is 5.02 Å².